The molecule has 0 spiro atoms. The van der Waals surface area contributed by atoms with Crippen molar-refractivity contribution in [3.63, 3.8) is 0 Å². The zero-order chi connectivity index (χ0) is 19.1. The van der Waals surface area contributed by atoms with Crippen LogP contribution in [0.2, 0.25) is 0 Å². The third-order valence-corrected chi connectivity index (χ3v) is 3.85. The number of nitrogens with one attached hydrogen (secondary N) is 2. The van der Waals surface area contributed by atoms with Crippen LogP contribution in [-0.2, 0) is 4.79 Å². The summed E-state index contributed by atoms with van der Waals surface area (Å²) in [5.41, 5.74) is 7.82. The predicted octanol–water partition coefficient (Wildman–Crippen LogP) is 3.97. The van der Waals surface area contributed by atoms with E-state index in [2.05, 4.69) is 10.9 Å². The lowest BCUT2D eigenvalue weighted by Gasteiger charge is -2.06. The van der Waals surface area contributed by atoms with Crippen LogP contribution in [0.4, 0.5) is 4.39 Å². The molecule has 0 saturated carbocycles. The maximum atomic E-state index is 12.8. The second-order valence-electron chi connectivity index (χ2n) is 5.77. The van der Waals surface area contributed by atoms with Gasteiger partial charge in [-0.05, 0) is 47.0 Å². The molecule has 0 unspecified atom stereocenters. The molecule has 0 aliphatic heterocycles. The molecule has 4 nitrogen and oxygen atoms in total. The van der Waals surface area contributed by atoms with Gasteiger partial charge in [0.25, 0.3) is 11.8 Å². The van der Waals surface area contributed by atoms with Gasteiger partial charge in [0, 0.05) is 11.6 Å². The number of hydrogen-bond donors (Lipinski definition) is 2. The van der Waals surface area contributed by atoms with Gasteiger partial charge in [-0.2, -0.15) is 0 Å². The van der Waals surface area contributed by atoms with Crippen LogP contribution >= 0.6 is 0 Å². The molecule has 0 saturated heterocycles. The first-order valence-electron chi connectivity index (χ1n) is 8.31. The summed E-state index contributed by atoms with van der Waals surface area (Å²) in [6.45, 7) is 0. The number of hydrogen-bond acceptors (Lipinski definition) is 2. The van der Waals surface area contributed by atoms with Crippen molar-refractivity contribution >= 4 is 17.9 Å². The highest BCUT2D eigenvalue weighted by Gasteiger charge is 2.06. The van der Waals surface area contributed by atoms with Crippen molar-refractivity contribution in [2.24, 2.45) is 0 Å². The molecule has 0 aliphatic rings. The van der Waals surface area contributed by atoms with E-state index in [1.165, 1.54) is 24.3 Å². The minimum Gasteiger partial charge on any atom is -0.268 e. The lowest BCUT2D eigenvalue weighted by atomic mass is 10.0. The highest BCUT2D eigenvalue weighted by molar-refractivity contribution is 5.98. The maximum Gasteiger partial charge on any atom is 0.269 e. The van der Waals surface area contributed by atoms with Crippen molar-refractivity contribution in [1.29, 1.82) is 0 Å². The van der Waals surface area contributed by atoms with Gasteiger partial charge >= 0.3 is 0 Å². The molecule has 27 heavy (non-hydrogen) atoms. The smallest absolute Gasteiger partial charge is 0.268 e. The summed E-state index contributed by atoms with van der Waals surface area (Å²) < 4.78 is 12.8. The molecule has 3 rings (SSSR count). The average Bonchev–Trinajstić information content (AvgIpc) is 2.72. The van der Waals surface area contributed by atoms with Gasteiger partial charge in [-0.15, -0.1) is 0 Å². The summed E-state index contributed by atoms with van der Waals surface area (Å²) in [7, 11) is 0. The first kappa shape index (κ1) is 18.1. The summed E-state index contributed by atoms with van der Waals surface area (Å²) in [5.74, 6) is -1.26. The average molecular weight is 360 g/mol. The molecule has 0 radical (unpaired) electrons. The summed E-state index contributed by atoms with van der Waals surface area (Å²) in [6.07, 6.45) is 2.78. The fraction of sp³-hybridized carbons (Fsp3) is 0. The topological polar surface area (TPSA) is 58.2 Å². The Labute approximate surface area is 156 Å². The van der Waals surface area contributed by atoms with E-state index in [1.54, 1.807) is 24.3 Å². The molecule has 0 bridgehead atoms. The van der Waals surface area contributed by atoms with Gasteiger partial charge in [0.15, 0.2) is 0 Å². The van der Waals surface area contributed by atoms with Gasteiger partial charge < -0.3 is 0 Å². The summed E-state index contributed by atoms with van der Waals surface area (Å²) in [4.78, 5) is 23.9. The van der Waals surface area contributed by atoms with Crippen LogP contribution in [0.5, 0.6) is 0 Å². The van der Waals surface area contributed by atoms with Gasteiger partial charge in [0.05, 0.1) is 0 Å². The molecule has 0 fully saturated rings. The van der Waals surface area contributed by atoms with E-state index in [9.17, 15) is 14.0 Å². The van der Waals surface area contributed by atoms with Crippen molar-refractivity contribution in [2.45, 2.75) is 0 Å². The molecule has 0 heterocycles. The molecule has 5 heteroatoms. The van der Waals surface area contributed by atoms with E-state index in [4.69, 9.17) is 0 Å². The third kappa shape index (κ3) is 5.12. The van der Waals surface area contributed by atoms with Crippen LogP contribution in [0, 0.1) is 5.82 Å². The van der Waals surface area contributed by atoms with E-state index in [0.717, 1.165) is 11.1 Å². The lowest BCUT2D eigenvalue weighted by Crippen LogP contribution is -2.40. The Morgan fingerprint density at radius 2 is 1.37 bits per heavy atom. The van der Waals surface area contributed by atoms with Gasteiger partial charge in [-0.3, -0.25) is 20.4 Å². The van der Waals surface area contributed by atoms with Crippen LogP contribution in [0.25, 0.3) is 17.2 Å². The Kier molecular flexibility index (Phi) is 5.74. The molecular weight excluding hydrogens is 343 g/mol. The van der Waals surface area contributed by atoms with E-state index in [-0.39, 0.29) is 5.82 Å². The predicted molar refractivity (Wildman–Crippen MR) is 103 cm³/mol. The number of rotatable bonds is 4. The number of amides is 2. The quantitative estimate of drug-likeness (QED) is 0.546. The molecule has 0 aliphatic carbocycles. The van der Waals surface area contributed by atoms with Crippen molar-refractivity contribution in [3.05, 3.63) is 102 Å². The Balaban J connectivity index is 1.54. The number of benzene rings is 3. The first-order valence-corrected chi connectivity index (χ1v) is 8.31. The molecule has 0 atom stereocenters. The fourth-order valence-electron chi connectivity index (χ4n) is 2.42. The second kappa shape index (κ2) is 8.58. The Morgan fingerprint density at radius 1 is 0.741 bits per heavy atom. The van der Waals surface area contributed by atoms with Gasteiger partial charge in [-0.25, -0.2) is 4.39 Å². The van der Waals surface area contributed by atoms with Crippen LogP contribution in [0.1, 0.15) is 15.9 Å². The molecule has 134 valence electrons. The number of halogens is 1. The highest BCUT2D eigenvalue weighted by Crippen LogP contribution is 2.19. The SMILES string of the molecule is O=C(C=Cc1ccc(F)cc1)NNC(=O)c1ccc(-c2ccccc2)cc1. The summed E-state index contributed by atoms with van der Waals surface area (Å²) in [6, 6.07) is 22.6. The van der Waals surface area contributed by atoms with Crippen LogP contribution in [0.15, 0.2) is 84.9 Å². The van der Waals surface area contributed by atoms with E-state index < -0.39 is 11.8 Å². The highest BCUT2D eigenvalue weighted by atomic mass is 19.1. The van der Waals surface area contributed by atoms with Crippen LogP contribution in [-0.4, -0.2) is 11.8 Å². The molecule has 3 aromatic carbocycles. The van der Waals surface area contributed by atoms with Gasteiger partial charge in [-0.1, -0.05) is 54.6 Å². The van der Waals surface area contributed by atoms with Gasteiger partial charge in [0.1, 0.15) is 5.82 Å². The third-order valence-electron chi connectivity index (χ3n) is 3.85. The standard InChI is InChI=1S/C22H17FN2O2/c23-20-13-6-16(7-14-20)8-15-21(26)24-25-22(27)19-11-9-18(10-12-19)17-4-2-1-3-5-17/h1-15H,(H,24,26)(H,25,27). The number of hydrazine groups is 1. The fourth-order valence-corrected chi connectivity index (χ4v) is 2.42. The second-order valence-corrected chi connectivity index (χ2v) is 5.77. The van der Waals surface area contributed by atoms with E-state index in [1.807, 2.05) is 42.5 Å². The van der Waals surface area contributed by atoms with Crippen LogP contribution in [0.3, 0.4) is 0 Å². The van der Waals surface area contributed by atoms with Gasteiger partial charge in [0.2, 0.25) is 0 Å². The maximum absolute atomic E-state index is 12.8. The zero-order valence-electron chi connectivity index (χ0n) is 14.4. The molecule has 3 aromatic rings. The van der Waals surface area contributed by atoms with Crippen molar-refractivity contribution in [1.82, 2.24) is 10.9 Å². The molecular formula is C22H17FN2O2. The van der Waals surface area contributed by atoms with Crippen molar-refractivity contribution in [2.75, 3.05) is 0 Å². The largest absolute Gasteiger partial charge is 0.269 e. The van der Waals surface area contributed by atoms with Crippen LogP contribution < -0.4 is 10.9 Å². The van der Waals surface area contributed by atoms with E-state index >= 15 is 0 Å². The zero-order valence-corrected chi connectivity index (χ0v) is 14.4. The van der Waals surface area contributed by atoms with E-state index in [0.29, 0.717) is 11.1 Å². The normalized spacial score (nSPS) is 10.6. The first-order chi connectivity index (χ1) is 13.1. The minimum absolute atomic E-state index is 0.345. The summed E-state index contributed by atoms with van der Waals surface area (Å²) >= 11 is 0. The number of carbonyl (C=O) groups is 2. The monoisotopic (exact) mass is 360 g/mol. The Bertz CT molecular complexity index is 950. The molecule has 2 amide bonds. The van der Waals surface area contributed by atoms with Crippen molar-refractivity contribution in [3.8, 4) is 11.1 Å². The Morgan fingerprint density at radius 3 is 2.04 bits per heavy atom. The Hall–Kier alpha value is -3.73. The summed E-state index contributed by atoms with van der Waals surface area (Å²) in [5, 5.41) is 0. The molecule has 2 N–H and O–H groups in total. The van der Waals surface area contributed by atoms with Crippen molar-refractivity contribution < 1.29 is 14.0 Å². The molecule has 0 aromatic heterocycles. The number of carbonyl (C=O) groups excluding carboxylic acids is 2. The lowest BCUT2D eigenvalue weighted by molar-refractivity contribution is -0.117. The minimum atomic E-state index is -0.492.